The summed E-state index contributed by atoms with van der Waals surface area (Å²) in [7, 11) is 1.23. The van der Waals surface area contributed by atoms with Crippen molar-refractivity contribution in [1.29, 1.82) is 0 Å². The number of methoxy groups -OCH3 is 1. The standard InChI is InChI=1S/C14H11F2N3O3/c1-22-14(21)8-4-5-10(18-7-8)19-13(20)9-3-2-6-17-11(9)12(15)16/h2-7,12H,1H3,(H,18,19,20). The van der Waals surface area contributed by atoms with E-state index in [0.717, 1.165) is 0 Å². The molecule has 114 valence electrons. The van der Waals surface area contributed by atoms with Crippen molar-refractivity contribution in [2.24, 2.45) is 0 Å². The van der Waals surface area contributed by atoms with Crippen LogP contribution in [0.2, 0.25) is 0 Å². The average Bonchev–Trinajstić information content (AvgIpc) is 2.54. The molecular weight excluding hydrogens is 296 g/mol. The van der Waals surface area contributed by atoms with Gasteiger partial charge in [0.15, 0.2) is 0 Å². The number of pyridine rings is 2. The molecule has 0 fully saturated rings. The summed E-state index contributed by atoms with van der Waals surface area (Å²) >= 11 is 0. The number of amides is 1. The fourth-order valence-corrected chi connectivity index (χ4v) is 1.67. The number of carbonyl (C=O) groups is 2. The summed E-state index contributed by atoms with van der Waals surface area (Å²) in [6, 6.07) is 5.38. The van der Waals surface area contributed by atoms with Crippen LogP contribution < -0.4 is 5.32 Å². The second kappa shape index (κ2) is 6.70. The molecule has 6 nitrogen and oxygen atoms in total. The van der Waals surface area contributed by atoms with Crippen LogP contribution >= 0.6 is 0 Å². The highest BCUT2D eigenvalue weighted by molar-refractivity contribution is 6.04. The van der Waals surface area contributed by atoms with Crippen molar-refractivity contribution in [1.82, 2.24) is 9.97 Å². The van der Waals surface area contributed by atoms with Crippen LogP contribution in [-0.4, -0.2) is 29.0 Å². The Labute approximate surface area is 124 Å². The molecule has 0 aromatic carbocycles. The number of rotatable bonds is 4. The molecule has 1 amide bonds. The first-order valence-electron chi connectivity index (χ1n) is 6.11. The lowest BCUT2D eigenvalue weighted by Gasteiger charge is -2.08. The van der Waals surface area contributed by atoms with Gasteiger partial charge in [0, 0.05) is 12.4 Å². The number of alkyl halides is 2. The maximum Gasteiger partial charge on any atom is 0.339 e. The van der Waals surface area contributed by atoms with Crippen molar-refractivity contribution < 1.29 is 23.1 Å². The zero-order valence-electron chi connectivity index (χ0n) is 11.4. The van der Waals surface area contributed by atoms with E-state index in [-0.39, 0.29) is 16.9 Å². The van der Waals surface area contributed by atoms with Gasteiger partial charge in [-0.3, -0.25) is 9.78 Å². The minimum absolute atomic E-state index is 0.113. The first-order chi connectivity index (χ1) is 10.5. The zero-order chi connectivity index (χ0) is 16.1. The lowest BCUT2D eigenvalue weighted by atomic mass is 10.2. The Hall–Kier alpha value is -2.90. The Bertz CT molecular complexity index is 690. The maximum atomic E-state index is 12.8. The minimum Gasteiger partial charge on any atom is -0.465 e. The molecule has 2 heterocycles. The predicted molar refractivity (Wildman–Crippen MR) is 72.7 cm³/mol. The summed E-state index contributed by atoms with van der Waals surface area (Å²) in [6.45, 7) is 0. The topological polar surface area (TPSA) is 81.2 Å². The molecule has 0 spiro atoms. The van der Waals surface area contributed by atoms with Gasteiger partial charge in [0.25, 0.3) is 12.3 Å². The molecule has 0 saturated carbocycles. The molecule has 2 aromatic heterocycles. The van der Waals surface area contributed by atoms with Gasteiger partial charge in [0.1, 0.15) is 11.5 Å². The van der Waals surface area contributed by atoms with Crippen molar-refractivity contribution >= 4 is 17.7 Å². The van der Waals surface area contributed by atoms with Crippen LogP contribution in [0.3, 0.4) is 0 Å². The summed E-state index contributed by atoms with van der Waals surface area (Å²) in [6.07, 6.45) is -0.475. The molecule has 2 rings (SSSR count). The molecule has 1 N–H and O–H groups in total. The quantitative estimate of drug-likeness (QED) is 0.877. The van der Waals surface area contributed by atoms with Gasteiger partial charge >= 0.3 is 5.97 Å². The number of carbonyl (C=O) groups excluding carboxylic acids is 2. The Balaban J connectivity index is 2.17. The summed E-state index contributed by atoms with van der Waals surface area (Å²) in [4.78, 5) is 30.6. The summed E-state index contributed by atoms with van der Waals surface area (Å²) < 4.78 is 30.1. The number of ether oxygens (including phenoxy) is 1. The lowest BCUT2D eigenvalue weighted by Crippen LogP contribution is -2.16. The third-order valence-electron chi connectivity index (χ3n) is 2.72. The van der Waals surface area contributed by atoms with Crippen molar-refractivity contribution in [2.75, 3.05) is 12.4 Å². The van der Waals surface area contributed by atoms with Gasteiger partial charge in [-0.25, -0.2) is 18.6 Å². The SMILES string of the molecule is COC(=O)c1ccc(NC(=O)c2cccnc2C(F)F)nc1. The Kier molecular flexibility index (Phi) is 4.72. The average molecular weight is 307 g/mol. The lowest BCUT2D eigenvalue weighted by molar-refractivity contribution is 0.0600. The molecule has 0 bridgehead atoms. The number of hydrogen-bond acceptors (Lipinski definition) is 5. The molecular formula is C14H11F2N3O3. The summed E-state index contributed by atoms with van der Waals surface area (Å²) in [5, 5.41) is 2.36. The number of nitrogens with one attached hydrogen (secondary N) is 1. The Morgan fingerprint density at radius 1 is 1.23 bits per heavy atom. The Morgan fingerprint density at radius 3 is 2.59 bits per heavy atom. The predicted octanol–water partition coefficient (Wildman–Crippen LogP) is 2.45. The molecule has 0 radical (unpaired) electrons. The highest BCUT2D eigenvalue weighted by atomic mass is 19.3. The van der Waals surface area contributed by atoms with E-state index in [4.69, 9.17) is 0 Å². The second-order valence-electron chi connectivity index (χ2n) is 4.11. The van der Waals surface area contributed by atoms with Gasteiger partial charge in [-0.15, -0.1) is 0 Å². The van der Waals surface area contributed by atoms with Crippen molar-refractivity contribution in [3.05, 3.63) is 53.5 Å². The normalized spacial score (nSPS) is 10.4. The summed E-state index contributed by atoms with van der Waals surface area (Å²) in [5.74, 6) is -1.22. The van der Waals surface area contributed by atoms with Gasteiger partial charge in [-0.1, -0.05) is 0 Å². The third kappa shape index (κ3) is 3.40. The molecule has 0 atom stereocenters. The van der Waals surface area contributed by atoms with Crippen LogP contribution in [0.1, 0.15) is 32.8 Å². The van der Waals surface area contributed by atoms with Crippen LogP contribution in [0.15, 0.2) is 36.7 Å². The van der Waals surface area contributed by atoms with E-state index in [1.54, 1.807) is 0 Å². The number of nitrogens with zero attached hydrogens (tertiary/aromatic N) is 2. The van der Waals surface area contributed by atoms with Gasteiger partial charge in [-0.05, 0) is 24.3 Å². The van der Waals surface area contributed by atoms with Gasteiger partial charge in [0.2, 0.25) is 0 Å². The molecule has 0 aliphatic carbocycles. The highest BCUT2D eigenvalue weighted by Crippen LogP contribution is 2.21. The largest absolute Gasteiger partial charge is 0.465 e. The zero-order valence-corrected chi connectivity index (χ0v) is 11.4. The van der Waals surface area contributed by atoms with Gasteiger partial charge in [0.05, 0.1) is 18.2 Å². The van der Waals surface area contributed by atoms with Crippen LogP contribution in [0.4, 0.5) is 14.6 Å². The van der Waals surface area contributed by atoms with Crippen molar-refractivity contribution in [3.8, 4) is 0 Å². The fourth-order valence-electron chi connectivity index (χ4n) is 1.67. The molecule has 0 saturated heterocycles. The number of hydrogen-bond donors (Lipinski definition) is 1. The van der Waals surface area contributed by atoms with E-state index in [0.29, 0.717) is 0 Å². The molecule has 0 unspecified atom stereocenters. The first kappa shape index (κ1) is 15.5. The van der Waals surface area contributed by atoms with E-state index in [1.807, 2.05) is 0 Å². The fraction of sp³-hybridized carbons (Fsp3) is 0.143. The Morgan fingerprint density at radius 2 is 2.00 bits per heavy atom. The number of halogens is 2. The number of anilines is 1. The molecule has 22 heavy (non-hydrogen) atoms. The second-order valence-corrected chi connectivity index (χ2v) is 4.11. The summed E-state index contributed by atoms with van der Waals surface area (Å²) in [5.41, 5.74) is -0.641. The molecule has 0 aliphatic heterocycles. The molecule has 0 aliphatic rings. The van der Waals surface area contributed by atoms with E-state index in [1.165, 1.54) is 43.8 Å². The third-order valence-corrected chi connectivity index (χ3v) is 2.72. The molecule has 2 aromatic rings. The maximum absolute atomic E-state index is 12.8. The van der Waals surface area contributed by atoms with E-state index >= 15 is 0 Å². The smallest absolute Gasteiger partial charge is 0.339 e. The monoisotopic (exact) mass is 307 g/mol. The first-order valence-corrected chi connectivity index (χ1v) is 6.11. The minimum atomic E-state index is -2.86. The van der Waals surface area contributed by atoms with E-state index in [2.05, 4.69) is 20.0 Å². The van der Waals surface area contributed by atoms with Crippen molar-refractivity contribution in [3.63, 3.8) is 0 Å². The highest BCUT2D eigenvalue weighted by Gasteiger charge is 2.19. The number of esters is 1. The van der Waals surface area contributed by atoms with Crippen LogP contribution in [-0.2, 0) is 4.74 Å². The van der Waals surface area contributed by atoms with E-state index in [9.17, 15) is 18.4 Å². The van der Waals surface area contributed by atoms with E-state index < -0.39 is 24.0 Å². The van der Waals surface area contributed by atoms with Crippen molar-refractivity contribution in [2.45, 2.75) is 6.43 Å². The number of aromatic nitrogens is 2. The van der Waals surface area contributed by atoms with Crippen LogP contribution in [0.5, 0.6) is 0 Å². The molecule has 8 heteroatoms. The van der Waals surface area contributed by atoms with Gasteiger partial charge < -0.3 is 10.1 Å². The van der Waals surface area contributed by atoms with Crippen LogP contribution in [0.25, 0.3) is 0 Å². The van der Waals surface area contributed by atoms with Gasteiger partial charge in [-0.2, -0.15) is 0 Å². The van der Waals surface area contributed by atoms with Crippen LogP contribution in [0, 0.1) is 0 Å².